The Bertz CT molecular complexity index is 614. The minimum absolute atomic E-state index is 0. The number of rotatable bonds is 5. The molecule has 0 aromatic heterocycles. The standard InChI is InChI=1S/C13H17N3O3S.ClH/c14-20(18,19)11-5-3-10(4-6-11)7-9-16-13(17)12-2-1-8-15-12;/h1-6,12,15H,7-9H2,(H,16,17)(H2,14,18,19);1H. The molecule has 6 nitrogen and oxygen atoms in total. The Labute approximate surface area is 130 Å². The van der Waals surface area contributed by atoms with Gasteiger partial charge in [-0.3, -0.25) is 10.1 Å². The van der Waals surface area contributed by atoms with Gasteiger partial charge in [-0.15, -0.1) is 12.4 Å². The number of halogens is 1. The maximum Gasteiger partial charge on any atom is 0.241 e. The molecule has 116 valence electrons. The van der Waals surface area contributed by atoms with Crippen molar-refractivity contribution < 1.29 is 13.2 Å². The molecule has 1 heterocycles. The van der Waals surface area contributed by atoms with Gasteiger partial charge in [0.1, 0.15) is 6.04 Å². The lowest BCUT2D eigenvalue weighted by molar-refractivity contribution is -0.121. The molecule has 0 fully saturated rings. The highest BCUT2D eigenvalue weighted by atomic mass is 35.5. The highest BCUT2D eigenvalue weighted by Gasteiger charge is 2.16. The van der Waals surface area contributed by atoms with Crippen LogP contribution in [0, 0.1) is 0 Å². The molecule has 1 amide bonds. The van der Waals surface area contributed by atoms with Gasteiger partial charge in [-0.25, -0.2) is 13.6 Å². The Morgan fingerprint density at radius 2 is 2.00 bits per heavy atom. The molecule has 1 aliphatic rings. The van der Waals surface area contributed by atoms with Gasteiger partial charge in [-0.1, -0.05) is 24.3 Å². The van der Waals surface area contributed by atoms with Crippen LogP contribution in [0.2, 0.25) is 0 Å². The lowest BCUT2D eigenvalue weighted by atomic mass is 10.1. The number of amides is 1. The maximum atomic E-state index is 11.7. The molecule has 4 N–H and O–H groups in total. The first kappa shape index (κ1) is 17.6. The van der Waals surface area contributed by atoms with Crippen molar-refractivity contribution in [1.29, 1.82) is 0 Å². The maximum absolute atomic E-state index is 11.7. The first-order valence-corrected chi connectivity index (χ1v) is 7.81. The van der Waals surface area contributed by atoms with Gasteiger partial charge in [0.15, 0.2) is 0 Å². The van der Waals surface area contributed by atoms with E-state index in [1.54, 1.807) is 12.1 Å². The molecule has 0 radical (unpaired) electrons. The topological polar surface area (TPSA) is 101 Å². The number of nitrogens with two attached hydrogens (primary N) is 1. The monoisotopic (exact) mass is 331 g/mol. The molecule has 1 atom stereocenters. The van der Waals surface area contributed by atoms with Gasteiger partial charge in [-0.05, 0) is 24.1 Å². The van der Waals surface area contributed by atoms with Crippen LogP contribution in [0.5, 0.6) is 0 Å². The molecule has 1 aromatic carbocycles. The van der Waals surface area contributed by atoms with E-state index in [1.807, 2.05) is 12.2 Å². The second-order valence-corrected chi connectivity index (χ2v) is 6.11. The highest BCUT2D eigenvalue weighted by molar-refractivity contribution is 7.89. The quantitative estimate of drug-likeness (QED) is 0.658. The van der Waals surface area contributed by atoms with E-state index in [1.165, 1.54) is 12.1 Å². The van der Waals surface area contributed by atoms with Crippen molar-refractivity contribution in [2.24, 2.45) is 5.14 Å². The molecule has 1 unspecified atom stereocenters. The summed E-state index contributed by atoms with van der Waals surface area (Å²) >= 11 is 0. The van der Waals surface area contributed by atoms with Gasteiger partial charge >= 0.3 is 0 Å². The second-order valence-electron chi connectivity index (χ2n) is 4.54. The first-order valence-electron chi connectivity index (χ1n) is 6.26. The van der Waals surface area contributed by atoms with E-state index in [0.717, 1.165) is 5.56 Å². The zero-order chi connectivity index (χ0) is 14.6. The molecular weight excluding hydrogens is 314 g/mol. The van der Waals surface area contributed by atoms with Crippen molar-refractivity contribution in [2.75, 3.05) is 13.1 Å². The summed E-state index contributed by atoms with van der Waals surface area (Å²) in [5.74, 6) is -0.0556. The van der Waals surface area contributed by atoms with Gasteiger partial charge in [-0.2, -0.15) is 0 Å². The van der Waals surface area contributed by atoms with E-state index in [4.69, 9.17) is 5.14 Å². The lowest BCUT2D eigenvalue weighted by Crippen LogP contribution is -2.41. The molecule has 2 rings (SSSR count). The van der Waals surface area contributed by atoms with Crippen LogP contribution in [-0.2, 0) is 21.2 Å². The Kier molecular flexibility index (Phi) is 6.35. The minimum atomic E-state index is -3.65. The van der Waals surface area contributed by atoms with E-state index in [-0.39, 0.29) is 29.3 Å². The number of benzene rings is 1. The normalized spacial score (nSPS) is 17.3. The van der Waals surface area contributed by atoms with Gasteiger partial charge in [0, 0.05) is 13.1 Å². The van der Waals surface area contributed by atoms with E-state index in [9.17, 15) is 13.2 Å². The van der Waals surface area contributed by atoms with Gasteiger partial charge in [0.2, 0.25) is 15.9 Å². The third-order valence-electron chi connectivity index (χ3n) is 3.03. The Morgan fingerprint density at radius 3 is 2.52 bits per heavy atom. The Hall–Kier alpha value is -1.41. The predicted molar refractivity (Wildman–Crippen MR) is 82.7 cm³/mol. The predicted octanol–water partition coefficient (Wildman–Crippen LogP) is -0.0575. The summed E-state index contributed by atoms with van der Waals surface area (Å²) in [5.41, 5.74) is 0.938. The van der Waals surface area contributed by atoms with E-state index in [2.05, 4.69) is 10.6 Å². The van der Waals surface area contributed by atoms with Crippen LogP contribution in [0.4, 0.5) is 0 Å². The van der Waals surface area contributed by atoms with Crippen LogP contribution >= 0.6 is 12.4 Å². The fraction of sp³-hybridized carbons (Fsp3) is 0.308. The zero-order valence-electron chi connectivity index (χ0n) is 11.3. The average molecular weight is 332 g/mol. The molecule has 0 spiro atoms. The highest BCUT2D eigenvalue weighted by Crippen LogP contribution is 2.08. The molecule has 1 aromatic rings. The lowest BCUT2D eigenvalue weighted by Gasteiger charge is -2.10. The van der Waals surface area contributed by atoms with Crippen LogP contribution in [-0.4, -0.2) is 33.5 Å². The van der Waals surface area contributed by atoms with Crippen molar-refractivity contribution in [2.45, 2.75) is 17.4 Å². The summed E-state index contributed by atoms with van der Waals surface area (Å²) in [5, 5.41) is 10.9. The molecule has 1 aliphatic heterocycles. The largest absolute Gasteiger partial charge is 0.354 e. The summed E-state index contributed by atoms with van der Waals surface area (Å²) in [4.78, 5) is 11.8. The number of carbonyl (C=O) groups is 1. The zero-order valence-corrected chi connectivity index (χ0v) is 12.9. The summed E-state index contributed by atoms with van der Waals surface area (Å²) < 4.78 is 22.2. The van der Waals surface area contributed by atoms with E-state index in [0.29, 0.717) is 19.5 Å². The third kappa shape index (κ3) is 5.13. The number of sulfonamides is 1. The third-order valence-corrected chi connectivity index (χ3v) is 3.96. The van der Waals surface area contributed by atoms with Crippen LogP contribution in [0.3, 0.4) is 0 Å². The van der Waals surface area contributed by atoms with Crippen molar-refractivity contribution in [3.8, 4) is 0 Å². The fourth-order valence-electron chi connectivity index (χ4n) is 1.93. The van der Waals surface area contributed by atoms with Crippen molar-refractivity contribution in [3.63, 3.8) is 0 Å². The molecule has 8 heteroatoms. The van der Waals surface area contributed by atoms with Gasteiger partial charge in [0.25, 0.3) is 0 Å². The molecule has 0 saturated heterocycles. The van der Waals surface area contributed by atoms with Gasteiger partial charge < -0.3 is 5.32 Å². The number of carbonyl (C=O) groups excluding carboxylic acids is 1. The van der Waals surface area contributed by atoms with Gasteiger partial charge in [0.05, 0.1) is 4.90 Å². The van der Waals surface area contributed by atoms with Crippen molar-refractivity contribution in [3.05, 3.63) is 42.0 Å². The molecule has 0 saturated carbocycles. The summed E-state index contributed by atoms with van der Waals surface area (Å²) in [7, 11) is -3.65. The van der Waals surface area contributed by atoms with Crippen molar-refractivity contribution in [1.82, 2.24) is 10.6 Å². The summed E-state index contributed by atoms with van der Waals surface area (Å²) in [6.45, 7) is 1.21. The van der Waals surface area contributed by atoms with Crippen molar-refractivity contribution >= 4 is 28.3 Å². The van der Waals surface area contributed by atoms with Crippen LogP contribution in [0.25, 0.3) is 0 Å². The average Bonchev–Trinajstić information content (AvgIpc) is 2.92. The molecular formula is C13H18ClN3O3S. The Balaban J connectivity index is 0.00000220. The fourth-order valence-corrected chi connectivity index (χ4v) is 2.45. The Morgan fingerprint density at radius 1 is 1.33 bits per heavy atom. The summed E-state index contributed by atoms with van der Waals surface area (Å²) in [6.07, 6.45) is 4.37. The van der Waals surface area contributed by atoms with Crippen LogP contribution < -0.4 is 15.8 Å². The minimum Gasteiger partial charge on any atom is -0.354 e. The van der Waals surface area contributed by atoms with E-state index >= 15 is 0 Å². The molecule has 0 bridgehead atoms. The first-order chi connectivity index (χ1) is 9.47. The number of hydrogen-bond donors (Lipinski definition) is 3. The van der Waals surface area contributed by atoms with Crippen LogP contribution in [0.1, 0.15) is 5.56 Å². The smallest absolute Gasteiger partial charge is 0.241 e. The summed E-state index contributed by atoms with van der Waals surface area (Å²) in [6, 6.07) is 6.07. The number of hydrogen-bond acceptors (Lipinski definition) is 4. The van der Waals surface area contributed by atoms with Crippen LogP contribution in [0.15, 0.2) is 41.3 Å². The number of nitrogens with one attached hydrogen (secondary N) is 2. The second kappa shape index (κ2) is 7.56. The van der Waals surface area contributed by atoms with E-state index < -0.39 is 10.0 Å². The SMILES string of the molecule is Cl.NS(=O)(=O)c1ccc(CCNC(=O)C2C=CCN2)cc1. The number of primary sulfonamides is 1. The molecule has 0 aliphatic carbocycles. The molecule has 21 heavy (non-hydrogen) atoms.